The molecule has 0 heterocycles. The van der Waals surface area contributed by atoms with Crippen LogP contribution in [-0.2, 0) is 14.3 Å². The maximum Gasteiger partial charge on any atom is 0.407 e. The van der Waals surface area contributed by atoms with Crippen molar-refractivity contribution in [2.45, 2.75) is 40.0 Å². The van der Waals surface area contributed by atoms with E-state index in [-0.39, 0.29) is 25.0 Å². The second-order valence-electron chi connectivity index (χ2n) is 3.89. The highest BCUT2D eigenvalue weighted by molar-refractivity contribution is 5.72. The van der Waals surface area contributed by atoms with Crippen molar-refractivity contribution in [2.75, 3.05) is 19.8 Å². The summed E-state index contributed by atoms with van der Waals surface area (Å²) in [4.78, 5) is 22.3. The summed E-state index contributed by atoms with van der Waals surface area (Å²) in [5, 5.41) is 2.52. The monoisotopic (exact) mass is 245 g/mol. The first-order chi connectivity index (χ1) is 8.11. The van der Waals surface area contributed by atoms with Crippen LogP contribution in [0.4, 0.5) is 4.79 Å². The molecule has 5 nitrogen and oxygen atoms in total. The van der Waals surface area contributed by atoms with E-state index in [9.17, 15) is 9.59 Å². The normalized spacial score (nSPS) is 11.7. The van der Waals surface area contributed by atoms with E-state index in [1.54, 1.807) is 0 Å². The zero-order valence-corrected chi connectivity index (χ0v) is 11.0. The van der Waals surface area contributed by atoms with Crippen LogP contribution >= 0.6 is 0 Å². The molecule has 0 spiro atoms. The number of amides is 1. The molecule has 0 aliphatic rings. The highest BCUT2D eigenvalue weighted by atomic mass is 16.6. The van der Waals surface area contributed by atoms with E-state index in [1.807, 2.05) is 20.8 Å². The number of rotatable bonds is 8. The van der Waals surface area contributed by atoms with Crippen LogP contribution in [0.2, 0.25) is 0 Å². The molecule has 0 aliphatic heterocycles. The summed E-state index contributed by atoms with van der Waals surface area (Å²) >= 11 is 0. The third-order valence-corrected chi connectivity index (χ3v) is 2.36. The molecule has 0 radical (unpaired) electrons. The van der Waals surface area contributed by atoms with Crippen LogP contribution < -0.4 is 5.32 Å². The molecule has 100 valence electrons. The minimum Gasteiger partial charge on any atom is -0.464 e. The second-order valence-corrected chi connectivity index (χ2v) is 3.89. The van der Waals surface area contributed by atoms with Gasteiger partial charge in [0, 0.05) is 0 Å². The van der Waals surface area contributed by atoms with Crippen LogP contribution in [0.5, 0.6) is 0 Å². The lowest BCUT2D eigenvalue weighted by atomic mass is 10.1. The first kappa shape index (κ1) is 15.7. The summed E-state index contributed by atoms with van der Waals surface area (Å²) in [6.07, 6.45) is 2.14. The lowest BCUT2D eigenvalue weighted by Crippen LogP contribution is -2.29. The van der Waals surface area contributed by atoms with Crippen LogP contribution in [0.15, 0.2) is 0 Å². The molecule has 0 aromatic heterocycles. The van der Waals surface area contributed by atoms with E-state index in [0.29, 0.717) is 6.61 Å². The first-order valence-corrected chi connectivity index (χ1v) is 6.19. The van der Waals surface area contributed by atoms with Crippen molar-refractivity contribution >= 4 is 12.1 Å². The molecule has 1 amide bonds. The molecule has 0 aromatic carbocycles. The van der Waals surface area contributed by atoms with Gasteiger partial charge in [-0.3, -0.25) is 4.79 Å². The molecular weight excluding hydrogens is 222 g/mol. The molecule has 1 atom stereocenters. The Labute approximate surface area is 103 Å². The molecule has 0 saturated heterocycles. The summed E-state index contributed by atoms with van der Waals surface area (Å²) in [6.45, 7) is 6.66. The number of hydrogen-bond donors (Lipinski definition) is 1. The maximum atomic E-state index is 11.3. The zero-order chi connectivity index (χ0) is 13.1. The third-order valence-electron chi connectivity index (χ3n) is 2.36. The summed E-state index contributed by atoms with van der Waals surface area (Å²) < 4.78 is 9.83. The fourth-order valence-electron chi connectivity index (χ4n) is 0.974. The number of unbranched alkanes of at least 4 members (excludes halogenated alkanes) is 1. The summed E-state index contributed by atoms with van der Waals surface area (Å²) in [7, 11) is 0. The number of alkyl carbamates (subject to hydrolysis) is 1. The second kappa shape index (κ2) is 9.93. The van der Waals surface area contributed by atoms with Crippen LogP contribution in [-0.4, -0.2) is 31.8 Å². The fraction of sp³-hybridized carbons (Fsp3) is 0.833. The molecule has 17 heavy (non-hydrogen) atoms. The highest BCUT2D eigenvalue weighted by Gasteiger charge is 2.11. The van der Waals surface area contributed by atoms with Gasteiger partial charge in [-0.1, -0.05) is 27.2 Å². The van der Waals surface area contributed by atoms with E-state index < -0.39 is 6.09 Å². The summed E-state index contributed by atoms with van der Waals surface area (Å²) in [5.74, 6) is -0.319. The Morgan fingerprint density at radius 3 is 2.47 bits per heavy atom. The van der Waals surface area contributed by atoms with E-state index in [1.165, 1.54) is 0 Å². The topological polar surface area (TPSA) is 64.6 Å². The van der Waals surface area contributed by atoms with E-state index >= 15 is 0 Å². The lowest BCUT2D eigenvalue weighted by molar-refractivity contribution is -0.147. The molecule has 0 fully saturated rings. The van der Waals surface area contributed by atoms with Gasteiger partial charge in [-0.15, -0.1) is 0 Å². The van der Waals surface area contributed by atoms with Crippen molar-refractivity contribution in [1.82, 2.24) is 5.32 Å². The Morgan fingerprint density at radius 2 is 1.88 bits per heavy atom. The first-order valence-electron chi connectivity index (χ1n) is 6.19. The number of hydrogen-bond acceptors (Lipinski definition) is 4. The third kappa shape index (κ3) is 8.54. The van der Waals surface area contributed by atoms with Crippen molar-refractivity contribution < 1.29 is 19.1 Å². The molecule has 0 aromatic rings. The summed E-state index contributed by atoms with van der Waals surface area (Å²) in [5.41, 5.74) is 0. The molecular formula is C12H23NO4. The Bertz CT molecular complexity index is 231. The molecule has 0 bridgehead atoms. The predicted octanol–water partition coefficient (Wildman–Crippen LogP) is 2.10. The molecule has 0 rings (SSSR count). The van der Waals surface area contributed by atoms with Gasteiger partial charge < -0.3 is 14.8 Å². The van der Waals surface area contributed by atoms with Crippen molar-refractivity contribution in [3.63, 3.8) is 0 Å². The Morgan fingerprint density at radius 1 is 1.18 bits per heavy atom. The van der Waals surface area contributed by atoms with E-state index in [2.05, 4.69) is 5.32 Å². The van der Waals surface area contributed by atoms with Gasteiger partial charge in [0.15, 0.2) is 0 Å². The van der Waals surface area contributed by atoms with Gasteiger partial charge in [0.25, 0.3) is 0 Å². The molecule has 5 heteroatoms. The Balaban J connectivity index is 3.44. The standard InChI is InChI=1S/C12H23NO4/c1-4-6-8-17-12(15)13-7-9-16-11(14)10(3)5-2/h10H,4-9H2,1-3H3,(H,13,15). The lowest BCUT2D eigenvalue weighted by Gasteiger charge is -2.10. The van der Waals surface area contributed by atoms with Crippen molar-refractivity contribution in [1.29, 1.82) is 0 Å². The number of ether oxygens (including phenoxy) is 2. The quantitative estimate of drug-likeness (QED) is 0.525. The largest absolute Gasteiger partial charge is 0.464 e. The van der Waals surface area contributed by atoms with Gasteiger partial charge in [0.1, 0.15) is 6.61 Å². The minimum absolute atomic E-state index is 0.0912. The molecule has 1 N–H and O–H groups in total. The number of nitrogens with one attached hydrogen (secondary N) is 1. The van der Waals surface area contributed by atoms with Gasteiger partial charge in [-0.25, -0.2) is 4.79 Å². The smallest absolute Gasteiger partial charge is 0.407 e. The van der Waals surface area contributed by atoms with Gasteiger partial charge >= 0.3 is 12.1 Å². The van der Waals surface area contributed by atoms with E-state index in [4.69, 9.17) is 9.47 Å². The van der Waals surface area contributed by atoms with Gasteiger partial charge in [-0.05, 0) is 12.8 Å². The van der Waals surface area contributed by atoms with Crippen molar-refractivity contribution in [3.8, 4) is 0 Å². The highest BCUT2D eigenvalue weighted by Crippen LogP contribution is 2.02. The zero-order valence-electron chi connectivity index (χ0n) is 11.0. The Kier molecular flexibility index (Phi) is 9.19. The average Bonchev–Trinajstić information content (AvgIpc) is 2.33. The Hall–Kier alpha value is -1.26. The van der Waals surface area contributed by atoms with Crippen LogP contribution in [0.1, 0.15) is 40.0 Å². The van der Waals surface area contributed by atoms with Crippen LogP contribution in [0, 0.1) is 5.92 Å². The van der Waals surface area contributed by atoms with Gasteiger partial charge in [0.2, 0.25) is 0 Å². The van der Waals surface area contributed by atoms with Crippen LogP contribution in [0.3, 0.4) is 0 Å². The van der Waals surface area contributed by atoms with Gasteiger partial charge in [0.05, 0.1) is 19.1 Å². The number of esters is 1. The summed E-state index contributed by atoms with van der Waals surface area (Å²) in [6, 6.07) is 0. The molecule has 0 saturated carbocycles. The maximum absolute atomic E-state index is 11.3. The molecule has 0 aliphatic carbocycles. The van der Waals surface area contributed by atoms with Gasteiger partial charge in [-0.2, -0.15) is 0 Å². The van der Waals surface area contributed by atoms with E-state index in [0.717, 1.165) is 19.3 Å². The number of carbonyl (C=O) groups excluding carboxylic acids is 2. The van der Waals surface area contributed by atoms with Crippen LogP contribution in [0.25, 0.3) is 0 Å². The minimum atomic E-state index is -0.460. The predicted molar refractivity (Wildman–Crippen MR) is 64.7 cm³/mol. The van der Waals surface area contributed by atoms with Crippen molar-refractivity contribution in [2.24, 2.45) is 5.92 Å². The molecule has 1 unspecified atom stereocenters. The fourth-order valence-corrected chi connectivity index (χ4v) is 0.974. The average molecular weight is 245 g/mol. The SMILES string of the molecule is CCCCOC(=O)NCCOC(=O)C(C)CC. The van der Waals surface area contributed by atoms with Crippen molar-refractivity contribution in [3.05, 3.63) is 0 Å². The number of carbonyl (C=O) groups is 2.